The van der Waals surface area contributed by atoms with Crippen molar-refractivity contribution < 1.29 is 22.4 Å². The minimum Gasteiger partial charge on any atom is -0.352 e. The van der Waals surface area contributed by atoms with Crippen molar-refractivity contribution in [2.75, 3.05) is 25.0 Å². The predicted octanol–water partition coefficient (Wildman–Crippen LogP) is 3.80. The summed E-state index contributed by atoms with van der Waals surface area (Å²) in [5, 5.41) is 5.93. The summed E-state index contributed by atoms with van der Waals surface area (Å²) < 4.78 is 41.1. The molecule has 2 amide bonds. The minimum atomic E-state index is -4.00. The molecular weight excluding hydrogens is 457 g/mol. The number of halogens is 2. The molecule has 0 aliphatic carbocycles. The average Bonchev–Trinajstić information content (AvgIpc) is 2.79. The van der Waals surface area contributed by atoms with Crippen LogP contribution < -0.4 is 10.6 Å². The number of carbonyl (C=O) groups excluding carboxylic acids is 2. The van der Waals surface area contributed by atoms with Crippen molar-refractivity contribution in [1.29, 1.82) is 0 Å². The zero-order valence-electron chi connectivity index (χ0n) is 17.4. The number of sulfonamides is 1. The second kappa shape index (κ2) is 10.9. The van der Waals surface area contributed by atoms with Crippen LogP contribution in [-0.2, 0) is 14.8 Å². The van der Waals surface area contributed by atoms with Gasteiger partial charge in [-0.2, -0.15) is 4.31 Å². The maximum Gasteiger partial charge on any atom is 0.251 e. The number of hydrogen-bond acceptors (Lipinski definition) is 4. The van der Waals surface area contributed by atoms with Crippen LogP contribution in [0.1, 0.15) is 42.5 Å². The number of piperidine rings is 1. The highest BCUT2D eigenvalue weighted by molar-refractivity contribution is 7.89. The van der Waals surface area contributed by atoms with Crippen molar-refractivity contribution in [2.24, 2.45) is 0 Å². The molecule has 1 fully saturated rings. The summed E-state index contributed by atoms with van der Waals surface area (Å²) in [6, 6.07) is 10.0. The van der Waals surface area contributed by atoms with Crippen LogP contribution in [0.2, 0.25) is 5.02 Å². The van der Waals surface area contributed by atoms with Crippen LogP contribution in [0.4, 0.5) is 10.1 Å². The van der Waals surface area contributed by atoms with E-state index in [0.717, 1.165) is 31.4 Å². The number of hydrogen-bond donors (Lipinski definition) is 2. The van der Waals surface area contributed by atoms with Crippen LogP contribution >= 0.6 is 11.6 Å². The van der Waals surface area contributed by atoms with Crippen LogP contribution in [0.3, 0.4) is 0 Å². The highest BCUT2D eigenvalue weighted by atomic mass is 35.5. The quantitative estimate of drug-likeness (QED) is 0.560. The van der Waals surface area contributed by atoms with E-state index < -0.39 is 26.6 Å². The lowest BCUT2D eigenvalue weighted by Crippen LogP contribution is -2.36. The topological polar surface area (TPSA) is 95.6 Å². The van der Waals surface area contributed by atoms with Gasteiger partial charge in [0, 0.05) is 42.3 Å². The Balaban J connectivity index is 1.53. The van der Waals surface area contributed by atoms with Gasteiger partial charge in [0.05, 0.1) is 0 Å². The molecule has 0 saturated carbocycles. The molecule has 0 atom stereocenters. The molecule has 2 aromatic rings. The van der Waals surface area contributed by atoms with Crippen molar-refractivity contribution in [3.63, 3.8) is 0 Å². The molecule has 1 heterocycles. The summed E-state index contributed by atoms with van der Waals surface area (Å²) in [5.74, 6) is -1.62. The van der Waals surface area contributed by atoms with Crippen LogP contribution in [-0.4, -0.2) is 44.2 Å². The molecule has 0 bridgehead atoms. The highest BCUT2D eigenvalue weighted by Gasteiger charge is 2.29. The first-order valence-electron chi connectivity index (χ1n) is 10.4. The molecule has 2 aromatic carbocycles. The summed E-state index contributed by atoms with van der Waals surface area (Å²) in [4.78, 5) is 23.9. The van der Waals surface area contributed by atoms with E-state index in [0.29, 0.717) is 30.2 Å². The normalized spacial score (nSPS) is 14.7. The number of carbonyl (C=O) groups is 2. The lowest BCUT2D eigenvalue weighted by molar-refractivity contribution is -0.116. The summed E-state index contributed by atoms with van der Waals surface area (Å²) in [5.41, 5.74) is 0.671. The third-order valence-corrected chi connectivity index (χ3v) is 7.29. The Bertz CT molecular complexity index is 1070. The molecule has 0 aromatic heterocycles. The molecule has 0 spiro atoms. The van der Waals surface area contributed by atoms with Crippen molar-refractivity contribution in [3.05, 3.63) is 58.9 Å². The fraction of sp³-hybridized carbons (Fsp3) is 0.364. The molecule has 1 aliphatic rings. The van der Waals surface area contributed by atoms with E-state index in [1.165, 1.54) is 10.4 Å². The number of benzene rings is 2. The Kier molecular flexibility index (Phi) is 8.22. The van der Waals surface area contributed by atoms with Gasteiger partial charge in [0.2, 0.25) is 15.9 Å². The minimum absolute atomic E-state index is 0.0487. The van der Waals surface area contributed by atoms with E-state index in [9.17, 15) is 22.4 Å². The van der Waals surface area contributed by atoms with Gasteiger partial charge in [0.25, 0.3) is 5.91 Å². The van der Waals surface area contributed by atoms with E-state index >= 15 is 0 Å². The molecule has 0 radical (unpaired) electrons. The largest absolute Gasteiger partial charge is 0.352 e. The Hall–Kier alpha value is -2.49. The van der Waals surface area contributed by atoms with Crippen molar-refractivity contribution in [3.8, 4) is 0 Å². The standard InChI is InChI=1S/C22H25ClFN3O4S/c23-17-7-9-18(10-8-17)26-21(28)5-4-12-25-22(29)16-6-11-19(24)20(15-16)32(30,31)27-13-2-1-3-14-27/h6-11,15H,1-5,12-14H2,(H,25,29)(H,26,28). The van der Waals surface area contributed by atoms with E-state index in [4.69, 9.17) is 11.6 Å². The van der Waals surface area contributed by atoms with Crippen LogP contribution in [0.25, 0.3) is 0 Å². The van der Waals surface area contributed by atoms with Crippen LogP contribution in [0, 0.1) is 5.82 Å². The lowest BCUT2D eigenvalue weighted by atomic mass is 10.2. The first-order chi connectivity index (χ1) is 15.3. The highest BCUT2D eigenvalue weighted by Crippen LogP contribution is 2.24. The molecule has 172 valence electrons. The maximum atomic E-state index is 14.3. The van der Waals surface area contributed by atoms with Gasteiger partial charge < -0.3 is 10.6 Å². The van der Waals surface area contributed by atoms with Gasteiger partial charge in [-0.25, -0.2) is 12.8 Å². The smallest absolute Gasteiger partial charge is 0.251 e. The lowest BCUT2D eigenvalue weighted by Gasteiger charge is -2.26. The molecule has 2 N–H and O–H groups in total. The number of nitrogens with one attached hydrogen (secondary N) is 2. The van der Waals surface area contributed by atoms with Crippen molar-refractivity contribution in [1.82, 2.24) is 9.62 Å². The van der Waals surface area contributed by atoms with E-state index in [-0.39, 0.29) is 24.4 Å². The van der Waals surface area contributed by atoms with Gasteiger partial charge in [0.1, 0.15) is 10.7 Å². The molecule has 0 unspecified atom stereocenters. The number of anilines is 1. The molecule has 1 saturated heterocycles. The fourth-order valence-electron chi connectivity index (χ4n) is 3.40. The zero-order chi connectivity index (χ0) is 23.1. The van der Waals surface area contributed by atoms with E-state index in [1.54, 1.807) is 24.3 Å². The molecule has 7 nitrogen and oxygen atoms in total. The average molecular weight is 482 g/mol. The summed E-state index contributed by atoms with van der Waals surface area (Å²) in [7, 11) is -4.00. The van der Waals surface area contributed by atoms with Gasteiger partial charge in [0.15, 0.2) is 0 Å². The second-order valence-corrected chi connectivity index (χ2v) is 9.87. The number of rotatable bonds is 8. The van der Waals surface area contributed by atoms with E-state index in [2.05, 4.69) is 10.6 Å². The van der Waals surface area contributed by atoms with Gasteiger partial charge in [-0.05, 0) is 61.7 Å². The van der Waals surface area contributed by atoms with Crippen molar-refractivity contribution >= 4 is 39.1 Å². The Labute approximate surface area is 192 Å². The summed E-state index contributed by atoms with van der Waals surface area (Å²) in [6.07, 6.45) is 2.96. The fourth-order valence-corrected chi connectivity index (χ4v) is 5.13. The van der Waals surface area contributed by atoms with Gasteiger partial charge in [-0.15, -0.1) is 0 Å². The molecule has 32 heavy (non-hydrogen) atoms. The predicted molar refractivity (Wildman–Crippen MR) is 121 cm³/mol. The Morgan fingerprint density at radius 2 is 1.72 bits per heavy atom. The first-order valence-corrected chi connectivity index (χ1v) is 12.2. The summed E-state index contributed by atoms with van der Waals surface area (Å²) >= 11 is 5.80. The van der Waals surface area contributed by atoms with Gasteiger partial charge in [-0.3, -0.25) is 9.59 Å². The molecular formula is C22H25ClFN3O4S. The summed E-state index contributed by atoms with van der Waals surface area (Å²) in [6.45, 7) is 0.894. The molecule has 3 rings (SSSR count). The molecule has 1 aliphatic heterocycles. The number of amides is 2. The van der Waals surface area contributed by atoms with Crippen molar-refractivity contribution in [2.45, 2.75) is 37.0 Å². The Morgan fingerprint density at radius 1 is 1.03 bits per heavy atom. The first kappa shape index (κ1) is 24.2. The van der Waals surface area contributed by atoms with Gasteiger partial charge in [-0.1, -0.05) is 18.0 Å². The molecule has 10 heteroatoms. The third-order valence-electron chi connectivity index (χ3n) is 5.12. The second-order valence-electron chi connectivity index (χ2n) is 7.52. The monoisotopic (exact) mass is 481 g/mol. The van der Waals surface area contributed by atoms with E-state index in [1.807, 2.05) is 0 Å². The van der Waals surface area contributed by atoms with Gasteiger partial charge >= 0.3 is 0 Å². The number of nitrogens with zero attached hydrogens (tertiary/aromatic N) is 1. The maximum absolute atomic E-state index is 14.3. The van der Waals surface area contributed by atoms with Crippen LogP contribution in [0.15, 0.2) is 47.4 Å². The third kappa shape index (κ3) is 6.27. The zero-order valence-corrected chi connectivity index (χ0v) is 19.0. The Morgan fingerprint density at radius 3 is 2.41 bits per heavy atom. The van der Waals surface area contributed by atoms with Crippen LogP contribution in [0.5, 0.6) is 0 Å². The SMILES string of the molecule is O=C(CCCNC(=O)c1ccc(F)c(S(=O)(=O)N2CCCCC2)c1)Nc1ccc(Cl)cc1.